The van der Waals surface area contributed by atoms with Crippen LogP contribution in [0.25, 0.3) is 0 Å². The molecule has 1 saturated heterocycles. The summed E-state index contributed by atoms with van der Waals surface area (Å²) in [7, 11) is -3.67. The maximum absolute atomic E-state index is 12.5. The molecule has 164 valence electrons. The number of carbonyl (C=O) groups is 1. The number of piperidine rings is 1. The number of hydrogen-bond donors (Lipinski definition) is 2. The molecular formula is C22H31N3O3S2. The molecule has 1 amide bonds. The SMILES string of the molecule is CC1CCN(CCCCNC(=O)c2cccc(S(=O)(=O)NCc3cccs3)c2)CC1. The van der Waals surface area contributed by atoms with Crippen molar-refractivity contribution in [3.8, 4) is 0 Å². The van der Waals surface area contributed by atoms with Crippen LogP contribution in [-0.2, 0) is 16.6 Å². The first-order valence-corrected chi connectivity index (χ1v) is 12.9. The Morgan fingerprint density at radius 2 is 1.97 bits per heavy atom. The van der Waals surface area contributed by atoms with E-state index in [-0.39, 0.29) is 17.3 Å². The molecule has 1 aromatic carbocycles. The van der Waals surface area contributed by atoms with Gasteiger partial charge in [-0.25, -0.2) is 13.1 Å². The number of likely N-dealkylation sites (tertiary alicyclic amines) is 1. The summed E-state index contributed by atoms with van der Waals surface area (Å²) < 4.78 is 27.6. The molecule has 0 unspecified atom stereocenters. The number of hydrogen-bond acceptors (Lipinski definition) is 5. The molecule has 1 aliphatic rings. The minimum absolute atomic E-state index is 0.103. The minimum atomic E-state index is -3.67. The summed E-state index contributed by atoms with van der Waals surface area (Å²) in [5, 5.41) is 4.81. The molecule has 1 aromatic heterocycles. The van der Waals surface area contributed by atoms with Gasteiger partial charge in [0, 0.05) is 23.5 Å². The zero-order valence-electron chi connectivity index (χ0n) is 17.5. The van der Waals surface area contributed by atoms with Crippen molar-refractivity contribution < 1.29 is 13.2 Å². The standard InChI is InChI=1S/C22H31N3O3S2/c1-18-9-13-25(14-10-18)12-3-2-11-23-22(26)19-6-4-8-21(16-19)30(27,28)24-17-20-7-5-15-29-20/h4-8,15-16,18,24H,2-3,9-14,17H2,1H3,(H,23,26). The summed E-state index contributed by atoms with van der Waals surface area (Å²) in [5.41, 5.74) is 0.360. The molecule has 0 spiro atoms. The van der Waals surface area contributed by atoms with Crippen molar-refractivity contribution in [3.05, 3.63) is 52.2 Å². The van der Waals surface area contributed by atoms with Crippen LogP contribution in [0.4, 0.5) is 0 Å². The summed E-state index contributed by atoms with van der Waals surface area (Å²) in [6.45, 7) is 6.58. The maximum atomic E-state index is 12.5. The molecule has 0 radical (unpaired) electrons. The number of benzene rings is 1. The van der Waals surface area contributed by atoms with Crippen LogP contribution in [-0.4, -0.2) is 45.4 Å². The number of sulfonamides is 1. The lowest BCUT2D eigenvalue weighted by molar-refractivity contribution is 0.0952. The number of nitrogens with zero attached hydrogens (tertiary/aromatic N) is 1. The Labute approximate surface area is 183 Å². The largest absolute Gasteiger partial charge is 0.352 e. The highest BCUT2D eigenvalue weighted by Crippen LogP contribution is 2.16. The van der Waals surface area contributed by atoms with Gasteiger partial charge in [-0.05, 0) is 80.9 Å². The smallest absolute Gasteiger partial charge is 0.251 e. The van der Waals surface area contributed by atoms with Gasteiger partial charge in [-0.15, -0.1) is 11.3 Å². The predicted octanol–water partition coefficient (Wildman–Crippen LogP) is 3.47. The summed E-state index contributed by atoms with van der Waals surface area (Å²) in [6.07, 6.45) is 4.52. The average Bonchev–Trinajstić information content (AvgIpc) is 3.27. The second-order valence-corrected chi connectivity index (χ2v) is 10.7. The van der Waals surface area contributed by atoms with Gasteiger partial charge in [0.25, 0.3) is 5.91 Å². The van der Waals surface area contributed by atoms with Crippen molar-refractivity contribution in [2.75, 3.05) is 26.2 Å². The van der Waals surface area contributed by atoms with E-state index in [0.29, 0.717) is 12.1 Å². The molecule has 2 N–H and O–H groups in total. The van der Waals surface area contributed by atoms with Gasteiger partial charge in [-0.1, -0.05) is 19.1 Å². The van der Waals surface area contributed by atoms with E-state index in [1.165, 1.54) is 49.4 Å². The molecule has 0 bridgehead atoms. The van der Waals surface area contributed by atoms with Crippen molar-refractivity contribution in [2.45, 2.75) is 44.0 Å². The van der Waals surface area contributed by atoms with Crippen molar-refractivity contribution >= 4 is 27.3 Å². The lowest BCUT2D eigenvalue weighted by atomic mass is 9.99. The molecule has 1 fully saturated rings. The van der Waals surface area contributed by atoms with Gasteiger partial charge in [0.05, 0.1) is 4.90 Å². The summed E-state index contributed by atoms with van der Waals surface area (Å²) in [6, 6.07) is 9.94. The summed E-state index contributed by atoms with van der Waals surface area (Å²) in [5.74, 6) is 0.600. The highest BCUT2D eigenvalue weighted by Gasteiger charge is 2.17. The second kappa shape index (κ2) is 11.0. The van der Waals surface area contributed by atoms with Crippen LogP contribution >= 0.6 is 11.3 Å². The third-order valence-corrected chi connectivity index (χ3v) is 7.76. The van der Waals surface area contributed by atoms with Crippen molar-refractivity contribution in [2.24, 2.45) is 5.92 Å². The van der Waals surface area contributed by atoms with Crippen LogP contribution in [0.15, 0.2) is 46.7 Å². The van der Waals surface area contributed by atoms with Gasteiger partial charge in [-0.2, -0.15) is 0 Å². The molecule has 1 aliphatic heterocycles. The second-order valence-electron chi connectivity index (χ2n) is 7.92. The van der Waals surface area contributed by atoms with E-state index < -0.39 is 10.0 Å². The first-order valence-electron chi connectivity index (χ1n) is 10.6. The van der Waals surface area contributed by atoms with E-state index in [1.807, 2.05) is 17.5 Å². The predicted molar refractivity (Wildman–Crippen MR) is 121 cm³/mol. The van der Waals surface area contributed by atoms with Crippen LogP contribution in [0, 0.1) is 5.92 Å². The van der Waals surface area contributed by atoms with Gasteiger partial charge in [0.2, 0.25) is 10.0 Å². The van der Waals surface area contributed by atoms with Gasteiger partial charge in [0.15, 0.2) is 0 Å². The van der Waals surface area contributed by atoms with E-state index in [4.69, 9.17) is 0 Å². The number of nitrogens with one attached hydrogen (secondary N) is 2. The third kappa shape index (κ3) is 6.91. The number of rotatable bonds is 10. The number of amides is 1. The Morgan fingerprint density at radius 1 is 1.17 bits per heavy atom. The Morgan fingerprint density at radius 3 is 2.70 bits per heavy atom. The van der Waals surface area contributed by atoms with Crippen LogP contribution in [0.3, 0.4) is 0 Å². The first-order chi connectivity index (χ1) is 14.4. The molecule has 3 rings (SSSR count). The fourth-order valence-electron chi connectivity index (χ4n) is 3.52. The van der Waals surface area contributed by atoms with E-state index in [9.17, 15) is 13.2 Å². The molecule has 0 aliphatic carbocycles. The maximum Gasteiger partial charge on any atom is 0.251 e. The van der Waals surface area contributed by atoms with Gasteiger partial charge >= 0.3 is 0 Å². The molecular weight excluding hydrogens is 418 g/mol. The van der Waals surface area contributed by atoms with Gasteiger partial charge < -0.3 is 10.2 Å². The molecule has 0 atom stereocenters. The topological polar surface area (TPSA) is 78.5 Å². The van der Waals surface area contributed by atoms with E-state index >= 15 is 0 Å². The molecule has 0 saturated carbocycles. The number of thiophene rings is 1. The van der Waals surface area contributed by atoms with Gasteiger partial charge in [0.1, 0.15) is 0 Å². The normalized spacial score (nSPS) is 15.9. The minimum Gasteiger partial charge on any atom is -0.352 e. The van der Waals surface area contributed by atoms with E-state index in [2.05, 4.69) is 21.9 Å². The third-order valence-electron chi connectivity index (χ3n) is 5.49. The Bertz CT molecular complexity index is 905. The zero-order valence-corrected chi connectivity index (χ0v) is 19.1. The highest BCUT2D eigenvalue weighted by atomic mass is 32.2. The Balaban J connectivity index is 1.43. The molecule has 2 aromatic rings. The monoisotopic (exact) mass is 449 g/mol. The molecule has 2 heterocycles. The first kappa shape index (κ1) is 22.9. The Kier molecular flexibility index (Phi) is 8.44. The molecule has 6 nitrogen and oxygen atoms in total. The Hall–Kier alpha value is -1.74. The number of carbonyl (C=O) groups excluding carboxylic acids is 1. The quantitative estimate of drug-likeness (QED) is 0.545. The molecule has 8 heteroatoms. The van der Waals surface area contributed by atoms with Crippen LogP contribution in [0.1, 0.15) is 47.8 Å². The molecule has 30 heavy (non-hydrogen) atoms. The lowest BCUT2D eigenvalue weighted by Crippen LogP contribution is -2.34. The fourth-order valence-corrected chi connectivity index (χ4v) is 5.31. The van der Waals surface area contributed by atoms with Crippen LogP contribution in [0.2, 0.25) is 0 Å². The van der Waals surface area contributed by atoms with Crippen LogP contribution < -0.4 is 10.0 Å². The summed E-state index contributed by atoms with van der Waals surface area (Å²) in [4.78, 5) is 16.0. The van der Waals surface area contributed by atoms with Crippen molar-refractivity contribution in [1.82, 2.24) is 14.9 Å². The van der Waals surface area contributed by atoms with Crippen LogP contribution in [0.5, 0.6) is 0 Å². The zero-order chi connectivity index (χ0) is 21.4. The average molecular weight is 450 g/mol. The van der Waals surface area contributed by atoms with Gasteiger partial charge in [-0.3, -0.25) is 4.79 Å². The number of unbranched alkanes of at least 4 members (excludes halogenated alkanes) is 1. The fraction of sp³-hybridized carbons (Fsp3) is 0.500. The summed E-state index contributed by atoms with van der Waals surface area (Å²) >= 11 is 1.49. The highest BCUT2D eigenvalue weighted by molar-refractivity contribution is 7.89. The lowest BCUT2D eigenvalue weighted by Gasteiger charge is -2.30. The van der Waals surface area contributed by atoms with Crippen molar-refractivity contribution in [3.63, 3.8) is 0 Å². The van der Waals surface area contributed by atoms with E-state index in [0.717, 1.165) is 30.2 Å². The van der Waals surface area contributed by atoms with Crippen molar-refractivity contribution in [1.29, 1.82) is 0 Å². The van der Waals surface area contributed by atoms with E-state index in [1.54, 1.807) is 12.1 Å².